The van der Waals surface area contributed by atoms with Crippen LogP contribution < -0.4 is 5.32 Å². The van der Waals surface area contributed by atoms with Crippen LogP contribution in [0.25, 0.3) is 0 Å². The van der Waals surface area contributed by atoms with Crippen molar-refractivity contribution in [3.63, 3.8) is 0 Å². The van der Waals surface area contributed by atoms with E-state index in [2.05, 4.69) is 15.3 Å². The molecule has 1 saturated carbocycles. The van der Waals surface area contributed by atoms with E-state index in [0.29, 0.717) is 24.6 Å². The number of amides is 2. The largest absolute Gasteiger partial charge is 0.354 e. The van der Waals surface area contributed by atoms with Crippen molar-refractivity contribution < 1.29 is 9.59 Å². The first-order chi connectivity index (χ1) is 10.8. The fourth-order valence-corrected chi connectivity index (χ4v) is 4.30. The van der Waals surface area contributed by atoms with E-state index in [1.807, 2.05) is 0 Å². The van der Waals surface area contributed by atoms with Crippen LogP contribution in [-0.4, -0.2) is 50.9 Å². The number of carbonyl (C=O) groups is 2. The third-order valence-electron chi connectivity index (χ3n) is 4.39. The van der Waals surface area contributed by atoms with Crippen molar-refractivity contribution in [2.24, 2.45) is 5.92 Å². The normalized spacial score (nSPS) is 22.2. The molecule has 0 spiro atoms. The summed E-state index contributed by atoms with van der Waals surface area (Å²) < 4.78 is 0. The highest BCUT2D eigenvalue weighted by Gasteiger charge is 2.38. The molecule has 2 aliphatic rings. The Kier molecular flexibility index (Phi) is 5.02. The topological polar surface area (TPSA) is 78.1 Å². The predicted octanol–water partition coefficient (Wildman–Crippen LogP) is 1.16. The molecule has 1 atom stereocenters. The van der Waals surface area contributed by atoms with E-state index >= 15 is 0 Å². The maximum atomic E-state index is 12.5. The Bertz CT molecular complexity index is 514. The highest BCUT2D eigenvalue weighted by Crippen LogP contribution is 2.30. The summed E-state index contributed by atoms with van der Waals surface area (Å²) in [6.45, 7) is 0.541. The molecule has 2 fully saturated rings. The summed E-state index contributed by atoms with van der Waals surface area (Å²) in [6, 6.07) is -0.310. The Hall–Kier alpha value is -1.50. The number of aromatic nitrogens is 2. The van der Waals surface area contributed by atoms with Crippen LogP contribution in [0.2, 0.25) is 0 Å². The molecule has 1 aromatic heterocycles. The maximum absolute atomic E-state index is 12.5. The van der Waals surface area contributed by atoms with Crippen molar-refractivity contribution in [2.75, 3.05) is 18.2 Å². The standard InChI is InChI=1S/C15H22N4O2S/c20-14(18-6-5-13-16-7-8-17-13)12-9-22-10-19(12)15(21)11-3-1-2-4-11/h7-8,11-12H,1-6,9-10H2,(H,16,17)(H,18,20)/t12-/m0/s1. The van der Waals surface area contributed by atoms with E-state index in [1.54, 1.807) is 29.1 Å². The predicted molar refractivity (Wildman–Crippen MR) is 85.2 cm³/mol. The van der Waals surface area contributed by atoms with Crippen molar-refractivity contribution in [3.05, 3.63) is 18.2 Å². The van der Waals surface area contributed by atoms with Crippen molar-refractivity contribution in [1.29, 1.82) is 0 Å². The average Bonchev–Trinajstić information content (AvgIpc) is 3.26. The van der Waals surface area contributed by atoms with Gasteiger partial charge in [-0.1, -0.05) is 12.8 Å². The third kappa shape index (κ3) is 3.45. The molecule has 0 aromatic carbocycles. The molecule has 0 unspecified atom stereocenters. The van der Waals surface area contributed by atoms with Crippen molar-refractivity contribution in [1.82, 2.24) is 20.2 Å². The number of nitrogens with zero attached hydrogens (tertiary/aromatic N) is 2. The smallest absolute Gasteiger partial charge is 0.243 e. The molecule has 0 bridgehead atoms. The quantitative estimate of drug-likeness (QED) is 0.853. The number of hydrogen-bond donors (Lipinski definition) is 2. The Labute approximate surface area is 134 Å². The molecular weight excluding hydrogens is 300 g/mol. The van der Waals surface area contributed by atoms with Gasteiger partial charge < -0.3 is 15.2 Å². The summed E-state index contributed by atoms with van der Waals surface area (Å²) in [4.78, 5) is 33.8. The second-order valence-corrected chi connectivity index (χ2v) is 6.88. The third-order valence-corrected chi connectivity index (χ3v) is 5.40. The summed E-state index contributed by atoms with van der Waals surface area (Å²) in [5, 5.41) is 2.93. The van der Waals surface area contributed by atoms with Crippen LogP contribution >= 0.6 is 11.8 Å². The number of H-pyrrole nitrogens is 1. The van der Waals surface area contributed by atoms with Gasteiger partial charge in [0.15, 0.2) is 0 Å². The van der Waals surface area contributed by atoms with Gasteiger partial charge in [0.1, 0.15) is 11.9 Å². The molecule has 1 saturated heterocycles. The number of hydrogen-bond acceptors (Lipinski definition) is 4. The monoisotopic (exact) mass is 322 g/mol. The zero-order valence-corrected chi connectivity index (χ0v) is 13.4. The van der Waals surface area contributed by atoms with Crippen LogP contribution in [-0.2, 0) is 16.0 Å². The second-order valence-electron chi connectivity index (χ2n) is 5.88. The SMILES string of the molecule is O=C(NCCc1ncc[nH]1)[C@@H]1CSCN1C(=O)C1CCCC1. The minimum absolute atomic E-state index is 0.0390. The Morgan fingerprint density at radius 2 is 2.23 bits per heavy atom. The molecule has 1 aliphatic heterocycles. The molecule has 120 valence electrons. The first kappa shape index (κ1) is 15.4. The van der Waals surface area contributed by atoms with E-state index in [9.17, 15) is 9.59 Å². The van der Waals surface area contributed by atoms with Gasteiger partial charge in [0.25, 0.3) is 0 Å². The highest BCUT2D eigenvalue weighted by atomic mass is 32.2. The van der Waals surface area contributed by atoms with Crippen molar-refractivity contribution >= 4 is 23.6 Å². The maximum Gasteiger partial charge on any atom is 0.243 e. The van der Waals surface area contributed by atoms with Crippen LogP contribution in [0, 0.1) is 5.92 Å². The summed E-state index contributed by atoms with van der Waals surface area (Å²) in [7, 11) is 0. The van der Waals surface area contributed by atoms with E-state index in [4.69, 9.17) is 0 Å². The van der Waals surface area contributed by atoms with Crippen LogP contribution in [0.4, 0.5) is 0 Å². The number of rotatable bonds is 5. The summed E-state index contributed by atoms with van der Waals surface area (Å²) in [5.41, 5.74) is 0. The van der Waals surface area contributed by atoms with Crippen LogP contribution in [0.5, 0.6) is 0 Å². The van der Waals surface area contributed by atoms with Gasteiger partial charge in [-0.3, -0.25) is 9.59 Å². The van der Waals surface area contributed by atoms with Gasteiger partial charge >= 0.3 is 0 Å². The average molecular weight is 322 g/mol. The first-order valence-electron chi connectivity index (χ1n) is 7.90. The van der Waals surface area contributed by atoms with Gasteiger partial charge in [-0.05, 0) is 12.8 Å². The number of imidazole rings is 1. The molecule has 1 aliphatic carbocycles. The van der Waals surface area contributed by atoms with Gasteiger partial charge in [-0.15, -0.1) is 11.8 Å². The van der Waals surface area contributed by atoms with Crippen LogP contribution in [0.1, 0.15) is 31.5 Å². The van der Waals surface area contributed by atoms with Gasteiger partial charge in [-0.2, -0.15) is 0 Å². The second kappa shape index (κ2) is 7.17. The molecule has 1 aromatic rings. The molecular formula is C15H22N4O2S. The number of thioether (sulfide) groups is 1. The molecule has 7 heteroatoms. The van der Waals surface area contributed by atoms with Gasteiger partial charge in [0.05, 0.1) is 5.88 Å². The van der Waals surface area contributed by atoms with E-state index in [-0.39, 0.29) is 23.8 Å². The molecule has 22 heavy (non-hydrogen) atoms. The minimum atomic E-state index is -0.310. The van der Waals surface area contributed by atoms with E-state index in [0.717, 1.165) is 31.5 Å². The lowest BCUT2D eigenvalue weighted by Gasteiger charge is -2.25. The zero-order chi connectivity index (χ0) is 15.4. The lowest BCUT2D eigenvalue weighted by atomic mass is 10.1. The first-order valence-corrected chi connectivity index (χ1v) is 9.05. The zero-order valence-electron chi connectivity index (χ0n) is 12.6. The minimum Gasteiger partial charge on any atom is -0.354 e. The summed E-state index contributed by atoms with van der Waals surface area (Å²) in [6.07, 6.45) is 8.38. The van der Waals surface area contributed by atoms with Gasteiger partial charge in [0, 0.05) is 37.0 Å². The number of carbonyl (C=O) groups excluding carboxylic acids is 2. The van der Waals surface area contributed by atoms with Crippen molar-refractivity contribution in [3.8, 4) is 0 Å². The number of nitrogens with one attached hydrogen (secondary N) is 2. The molecule has 2 amide bonds. The molecule has 2 N–H and O–H groups in total. The summed E-state index contributed by atoms with van der Waals surface area (Å²) >= 11 is 1.66. The molecule has 2 heterocycles. The Morgan fingerprint density at radius 1 is 1.41 bits per heavy atom. The van der Waals surface area contributed by atoms with E-state index < -0.39 is 0 Å². The van der Waals surface area contributed by atoms with Gasteiger partial charge in [0.2, 0.25) is 11.8 Å². The van der Waals surface area contributed by atoms with Crippen molar-refractivity contribution in [2.45, 2.75) is 38.1 Å². The van der Waals surface area contributed by atoms with Crippen LogP contribution in [0.15, 0.2) is 12.4 Å². The van der Waals surface area contributed by atoms with E-state index in [1.165, 1.54) is 0 Å². The fourth-order valence-electron chi connectivity index (χ4n) is 3.14. The molecule has 6 nitrogen and oxygen atoms in total. The molecule has 0 radical (unpaired) electrons. The highest BCUT2D eigenvalue weighted by molar-refractivity contribution is 7.99. The fraction of sp³-hybridized carbons (Fsp3) is 0.667. The Morgan fingerprint density at radius 3 is 2.95 bits per heavy atom. The van der Waals surface area contributed by atoms with Gasteiger partial charge in [-0.25, -0.2) is 4.98 Å². The summed E-state index contributed by atoms with van der Waals surface area (Å²) in [5.74, 6) is 2.48. The lowest BCUT2D eigenvalue weighted by molar-refractivity contribution is -0.141. The molecule has 3 rings (SSSR count). The number of aromatic amines is 1. The van der Waals surface area contributed by atoms with Crippen LogP contribution in [0.3, 0.4) is 0 Å². The lowest BCUT2D eigenvalue weighted by Crippen LogP contribution is -2.49. The Balaban J connectivity index is 1.50.